The van der Waals surface area contributed by atoms with Gasteiger partial charge in [-0.1, -0.05) is 12.1 Å². The Balaban J connectivity index is 2.10. The van der Waals surface area contributed by atoms with E-state index in [9.17, 15) is 9.59 Å². The van der Waals surface area contributed by atoms with Gasteiger partial charge in [0.15, 0.2) is 0 Å². The molecule has 1 aliphatic heterocycles. The first-order valence-corrected chi connectivity index (χ1v) is 5.76. The van der Waals surface area contributed by atoms with Gasteiger partial charge in [0.1, 0.15) is 17.8 Å². The van der Waals surface area contributed by atoms with Crippen LogP contribution in [0.3, 0.4) is 0 Å². The first-order valence-electron chi connectivity index (χ1n) is 5.76. The van der Waals surface area contributed by atoms with E-state index in [0.717, 1.165) is 0 Å². The van der Waals surface area contributed by atoms with Gasteiger partial charge in [-0.3, -0.25) is 9.59 Å². The average molecular weight is 249 g/mol. The summed E-state index contributed by atoms with van der Waals surface area (Å²) in [6.07, 6.45) is 0.214. The van der Waals surface area contributed by atoms with Gasteiger partial charge in [0, 0.05) is 6.42 Å². The van der Waals surface area contributed by atoms with Gasteiger partial charge in [0.05, 0.1) is 12.8 Å². The van der Waals surface area contributed by atoms with Crippen molar-refractivity contribution in [2.75, 3.05) is 12.4 Å². The fourth-order valence-electron chi connectivity index (χ4n) is 1.94. The molecule has 0 spiro atoms. The third-order valence-corrected chi connectivity index (χ3v) is 2.85. The Kier molecular flexibility index (Phi) is 3.50. The van der Waals surface area contributed by atoms with Crippen LogP contribution >= 0.6 is 0 Å². The fourth-order valence-corrected chi connectivity index (χ4v) is 1.94. The number of hydrogen-bond acceptors (Lipinski definition) is 4. The lowest BCUT2D eigenvalue weighted by Gasteiger charge is -2.11. The van der Waals surface area contributed by atoms with E-state index < -0.39 is 11.9 Å². The highest BCUT2D eigenvalue weighted by Crippen LogP contribution is 2.26. The number of carbonyl (C=O) groups excluding carboxylic acids is 2. The molecule has 5 nitrogen and oxygen atoms in total. The van der Waals surface area contributed by atoms with Crippen LogP contribution in [0.25, 0.3) is 0 Å². The van der Waals surface area contributed by atoms with E-state index in [-0.39, 0.29) is 12.0 Å². The molecule has 1 aromatic rings. The highest BCUT2D eigenvalue weighted by atomic mass is 16.5. The summed E-state index contributed by atoms with van der Waals surface area (Å²) in [5.41, 5.74) is 0.553. The number of cyclic esters (lactones) is 1. The van der Waals surface area contributed by atoms with Crippen LogP contribution in [-0.2, 0) is 14.3 Å². The van der Waals surface area contributed by atoms with Crippen LogP contribution in [0.15, 0.2) is 24.3 Å². The minimum atomic E-state index is -0.732. The Labute approximate surface area is 105 Å². The zero-order valence-corrected chi connectivity index (χ0v) is 10.3. The average Bonchev–Trinajstić information content (AvgIpc) is 2.69. The molecule has 1 heterocycles. The molecule has 1 aromatic carbocycles. The van der Waals surface area contributed by atoms with Crippen LogP contribution in [0, 0.1) is 5.92 Å². The number of para-hydroxylation sites is 2. The van der Waals surface area contributed by atoms with Crippen LogP contribution in [0.5, 0.6) is 5.75 Å². The predicted molar refractivity (Wildman–Crippen MR) is 65.3 cm³/mol. The number of anilines is 1. The first-order chi connectivity index (χ1) is 8.61. The highest BCUT2D eigenvalue weighted by molar-refractivity contribution is 6.06. The van der Waals surface area contributed by atoms with Crippen LogP contribution in [0.4, 0.5) is 5.69 Å². The Bertz CT molecular complexity index is 472. The van der Waals surface area contributed by atoms with E-state index in [4.69, 9.17) is 9.47 Å². The number of methoxy groups -OCH3 is 1. The van der Waals surface area contributed by atoms with E-state index in [2.05, 4.69) is 5.32 Å². The summed E-state index contributed by atoms with van der Waals surface area (Å²) < 4.78 is 10.1. The Morgan fingerprint density at radius 1 is 1.44 bits per heavy atom. The Morgan fingerprint density at radius 3 is 2.78 bits per heavy atom. The minimum Gasteiger partial charge on any atom is -0.495 e. The van der Waals surface area contributed by atoms with Gasteiger partial charge in [-0.25, -0.2) is 0 Å². The molecule has 0 unspecified atom stereocenters. The van der Waals surface area contributed by atoms with Gasteiger partial charge >= 0.3 is 5.97 Å². The van der Waals surface area contributed by atoms with Crippen molar-refractivity contribution < 1.29 is 19.1 Å². The zero-order valence-electron chi connectivity index (χ0n) is 10.3. The minimum absolute atomic E-state index is 0.203. The quantitative estimate of drug-likeness (QED) is 0.652. The molecule has 18 heavy (non-hydrogen) atoms. The van der Waals surface area contributed by atoms with E-state index in [1.54, 1.807) is 31.2 Å². The summed E-state index contributed by atoms with van der Waals surface area (Å²) >= 11 is 0. The molecule has 5 heteroatoms. The Hall–Kier alpha value is -2.04. The molecule has 2 rings (SSSR count). The molecule has 0 bridgehead atoms. The maximum atomic E-state index is 12.0. The number of esters is 1. The summed E-state index contributed by atoms with van der Waals surface area (Å²) in [7, 11) is 1.52. The molecule has 0 radical (unpaired) electrons. The summed E-state index contributed by atoms with van der Waals surface area (Å²) in [5, 5.41) is 2.69. The van der Waals surface area contributed by atoms with E-state index >= 15 is 0 Å². The summed E-state index contributed by atoms with van der Waals surface area (Å²) in [6, 6.07) is 7.06. The second-order valence-electron chi connectivity index (χ2n) is 4.23. The molecular formula is C13H15NO4. The van der Waals surface area contributed by atoms with Gasteiger partial charge in [-0.15, -0.1) is 0 Å². The second kappa shape index (κ2) is 5.08. The van der Waals surface area contributed by atoms with Crippen molar-refractivity contribution in [1.82, 2.24) is 0 Å². The maximum Gasteiger partial charge on any atom is 0.318 e. The SMILES string of the molecule is COc1ccccc1NC(=O)[C@H]1C[C@@H](C)OC1=O. The molecule has 0 aromatic heterocycles. The van der Waals surface area contributed by atoms with Gasteiger partial charge in [-0.2, -0.15) is 0 Å². The molecule has 1 N–H and O–H groups in total. The predicted octanol–water partition coefficient (Wildman–Crippen LogP) is 1.59. The normalized spacial score (nSPS) is 22.4. The highest BCUT2D eigenvalue weighted by Gasteiger charge is 2.37. The fraction of sp³-hybridized carbons (Fsp3) is 0.385. The molecular weight excluding hydrogens is 234 g/mol. The number of benzene rings is 1. The van der Waals surface area contributed by atoms with Gasteiger partial charge in [-0.05, 0) is 19.1 Å². The number of hydrogen-bond donors (Lipinski definition) is 1. The number of amides is 1. The molecule has 96 valence electrons. The van der Waals surface area contributed by atoms with Crippen molar-refractivity contribution in [3.8, 4) is 5.75 Å². The third kappa shape index (κ3) is 2.45. The van der Waals surface area contributed by atoms with Gasteiger partial charge < -0.3 is 14.8 Å². The lowest BCUT2D eigenvalue weighted by Crippen LogP contribution is -2.26. The lowest BCUT2D eigenvalue weighted by atomic mass is 10.0. The van der Waals surface area contributed by atoms with Crippen molar-refractivity contribution in [3.63, 3.8) is 0 Å². The number of nitrogens with one attached hydrogen (secondary N) is 1. The lowest BCUT2D eigenvalue weighted by molar-refractivity contribution is -0.145. The third-order valence-electron chi connectivity index (χ3n) is 2.85. The van der Waals surface area contributed by atoms with E-state index in [1.165, 1.54) is 7.11 Å². The topological polar surface area (TPSA) is 64.6 Å². The monoisotopic (exact) mass is 249 g/mol. The number of ether oxygens (including phenoxy) is 2. The number of rotatable bonds is 3. The van der Waals surface area contributed by atoms with Crippen LogP contribution in [0.1, 0.15) is 13.3 Å². The molecule has 1 fully saturated rings. The van der Waals surface area contributed by atoms with Crippen LogP contribution in [-0.4, -0.2) is 25.1 Å². The molecule has 2 atom stereocenters. The van der Waals surface area contributed by atoms with Crippen molar-refractivity contribution >= 4 is 17.6 Å². The van der Waals surface area contributed by atoms with E-state index in [0.29, 0.717) is 17.9 Å². The van der Waals surface area contributed by atoms with Crippen molar-refractivity contribution in [1.29, 1.82) is 0 Å². The van der Waals surface area contributed by atoms with Crippen molar-refractivity contribution in [2.45, 2.75) is 19.4 Å². The molecule has 0 aliphatic carbocycles. The van der Waals surface area contributed by atoms with Crippen LogP contribution < -0.4 is 10.1 Å². The zero-order chi connectivity index (χ0) is 13.1. The summed E-state index contributed by atoms with van der Waals surface area (Å²) in [6.45, 7) is 1.77. The molecule has 1 aliphatic rings. The molecule has 1 amide bonds. The Morgan fingerprint density at radius 2 is 2.17 bits per heavy atom. The summed E-state index contributed by atoms with van der Waals surface area (Å²) in [5.74, 6) is -0.987. The van der Waals surface area contributed by atoms with Gasteiger partial charge in [0.25, 0.3) is 0 Å². The van der Waals surface area contributed by atoms with Gasteiger partial charge in [0.2, 0.25) is 5.91 Å². The molecule has 1 saturated heterocycles. The van der Waals surface area contributed by atoms with Crippen LogP contribution in [0.2, 0.25) is 0 Å². The van der Waals surface area contributed by atoms with E-state index in [1.807, 2.05) is 0 Å². The largest absolute Gasteiger partial charge is 0.495 e. The maximum absolute atomic E-state index is 12.0. The van der Waals surface area contributed by atoms with Crippen molar-refractivity contribution in [2.24, 2.45) is 5.92 Å². The molecule has 0 saturated carbocycles. The smallest absolute Gasteiger partial charge is 0.318 e. The van der Waals surface area contributed by atoms with Crippen molar-refractivity contribution in [3.05, 3.63) is 24.3 Å². The number of carbonyl (C=O) groups is 2. The first kappa shape index (κ1) is 12.4. The second-order valence-corrected chi connectivity index (χ2v) is 4.23. The summed E-state index contributed by atoms with van der Waals surface area (Å²) in [4.78, 5) is 23.4. The standard InChI is InChI=1S/C13H15NO4/c1-8-7-9(13(16)18-8)12(15)14-10-5-3-4-6-11(10)17-2/h3-6,8-9H,7H2,1-2H3,(H,14,15)/t8-,9-/m1/s1.